The number of carbonyl (C=O) groups is 2. The van der Waals surface area contributed by atoms with E-state index in [2.05, 4.69) is 10.0 Å². The monoisotopic (exact) mass is 426 g/mol. The van der Waals surface area contributed by atoms with E-state index in [0.29, 0.717) is 18.4 Å². The Bertz CT molecular complexity index is 748. The molecule has 164 valence electrons. The first kappa shape index (κ1) is 25.1. The predicted molar refractivity (Wildman–Crippen MR) is 113 cm³/mol. The van der Waals surface area contributed by atoms with Crippen LogP contribution in [0.5, 0.6) is 0 Å². The lowest BCUT2D eigenvalue weighted by Gasteiger charge is -2.24. The van der Waals surface area contributed by atoms with E-state index in [1.54, 1.807) is 31.2 Å². The maximum Gasteiger partial charge on any atom is 0.328 e. The van der Waals surface area contributed by atoms with Gasteiger partial charge < -0.3 is 10.1 Å². The van der Waals surface area contributed by atoms with Gasteiger partial charge in [-0.15, -0.1) is 0 Å². The van der Waals surface area contributed by atoms with E-state index in [9.17, 15) is 18.0 Å². The van der Waals surface area contributed by atoms with Crippen LogP contribution >= 0.6 is 0 Å². The topological polar surface area (TPSA) is 102 Å². The van der Waals surface area contributed by atoms with Gasteiger partial charge in [0.05, 0.1) is 12.4 Å². The van der Waals surface area contributed by atoms with Gasteiger partial charge in [-0.2, -0.15) is 0 Å². The lowest BCUT2D eigenvalue weighted by atomic mass is 10.0. The molecule has 1 amide bonds. The molecular formula is C21H34N2O5S. The number of benzene rings is 1. The fourth-order valence-corrected chi connectivity index (χ4v) is 4.28. The third kappa shape index (κ3) is 9.89. The van der Waals surface area contributed by atoms with E-state index in [-0.39, 0.29) is 24.2 Å². The van der Waals surface area contributed by atoms with E-state index in [1.165, 1.54) is 0 Å². The molecule has 7 nitrogen and oxygen atoms in total. The van der Waals surface area contributed by atoms with Gasteiger partial charge in [-0.1, -0.05) is 58.0 Å². The van der Waals surface area contributed by atoms with Crippen LogP contribution in [0.2, 0.25) is 0 Å². The molecule has 2 N–H and O–H groups in total. The number of esters is 1. The molecule has 1 aromatic carbocycles. The van der Waals surface area contributed by atoms with Crippen molar-refractivity contribution in [2.45, 2.75) is 65.3 Å². The fraction of sp³-hybridized carbons (Fsp3) is 0.619. The molecule has 0 bridgehead atoms. The van der Waals surface area contributed by atoms with Crippen molar-refractivity contribution >= 4 is 21.9 Å². The van der Waals surface area contributed by atoms with Gasteiger partial charge >= 0.3 is 5.97 Å². The first-order chi connectivity index (χ1) is 13.5. The first-order valence-electron chi connectivity index (χ1n) is 10.0. The molecule has 0 aliphatic rings. The van der Waals surface area contributed by atoms with E-state index in [4.69, 9.17) is 4.74 Å². The van der Waals surface area contributed by atoms with Crippen molar-refractivity contribution in [2.24, 2.45) is 11.8 Å². The quantitative estimate of drug-likeness (QED) is 0.500. The van der Waals surface area contributed by atoms with Crippen LogP contribution in [-0.2, 0) is 30.1 Å². The maximum atomic E-state index is 12.9. The van der Waals surface area contributed by atoms with Crippen LogP contribution in [0.1, 0.15) is 53.0 Å². The van der Waals surface area contributed by atoms with Crippen LogP contribution in [0.4, 0.5) is 0 Å². The molecule has 0 saturated carbocycles. The SMILES string of the molecule is CCOC(=O)C(CC(C)C)NC(=O)C(CC(C)C)NS(=O)(=O)Cc1ccccc1. The van der Waals surface area contributed by atoms with E-state index in [0.717, 1.165) is 0 Å². The molecule has 0 heterocycles. The summed E-state index contributed by atoms with van der Waals surface area (Å²) < 4.78 is 32.8. The molecule has 2 atom stereocenters. The number of nitrogens with one attached hydrogen (secondary N) is 2. The minimum Gasteiger partial charge on any atom is -0.464 e. The Balaban J connectivity index is 2.94. The van der Waals surface area contributed by atoms with Crippen LogP contribution in [0.3, 0.4) is 0 Å². The number of hydrogen-bond donors (Lipinski definition) is 2. The van der Waals surface area contributed by atoms with E-state index < -0.39 is 34.0 Å². The fourth-order valence-electron chi connectivity index (χ4n) is 2.93. The third-order valence-corrected chi connectivity index (χ3v) is 5.50. The highest BCUT2D eigenvalue weighted by Gasteiger charge is 2.30. The number of amides is 1. The van der Waals surface area contributed by atoms with Crippen LogP contribution in [0, 0.1) is 11.8 Å². The van der Waals surface area contributed by atoms with Crippen molar-refractivity contribution in [3.05, 3.63) is 35.9 Å². The molecule has 29 heavy (non-hydrogen) atoms. The number of hydrogen-bond acceptors (Lipinski definition) is 5. The molecular weight excluding hydrogens is 392 g/mol. The molecule has 8 heteroatoms. The summed E-state index contributed by atoms with van der Waals surface area (Å²) in [4.78, 5) is 25.1. The lowest BCUT2D eigenvalue weighted by Crippen LogP contribution is -2.52. The Morgan fingerprint density at radius 3 is 2.03 bits per heavy atom. The van der Waals surface area contributed by atoms with Crippen molar-refractivity contribution in [1.82, 2.24) is 10.0 Å². The van der Waals surface area contributed by atoms with Gasteiger partial charge in [-0.05, 0) is 37.2 Å². The highest BCUT2D eigenvalue weighted by molar-refractivity contribution is 7.88. The molecule has 0 aromatic heterocycles. The highest BCUT2D eigenvalue weighted by Crippen LogP contribution is 2.12. The smallest absolute Gasteiger partial charge is 0.328 e. The second-order valence-corrected chi connectivity index (χ2v) is 9.74. The summed E-state index contributed by atoms with van der Waals surface area (Å²) in [6, 6.07) is 7.00. The Hall–Kier alpha value is -1.93. The normalized spacial score (nSPS) is 13.9. The third-order valence-electron chi connectivity index (χ3n) is 4.14. The number of sulfonamides is 1. The standard InChI is InChI=1S/C21H34N2O5S/c1-6-28-21(25)19(13-16(4)5)22-20(24)18(12-15(2)3)23-29(26,27)14-17-10-8-7-9-11-17/h7-11,15-16,18-19,23H,6,12-14H2,1-5H3,(H,22,24). The summed E-state index contributed by atoms with van der Waals surface area (Å²) in [5, 5.41) is 2.68. The molecule has 1 rings (SSSR count). The number of rotatable bonds is 12. The zero-order chi connectivity index (χ0) is 22.0. The molecule has 0 radical (unpaired) electrons. The van der Waals surface area contributed by atoms with Crippen LogP contribution in [-0.4, -0.2) is 39.0 Å². The van der Waals surface area contributed by atoms with Crippen molar-refractivity contribution in [3.8, 4) is 0 Å². The summed E-state index contributed by atoms with van der Waals surface area (Å²) >= 11 is 0. The first-order valence-corrected chi connectivity index (χ1v) is 11.7. The maximum absolute atomic E-state index is 12.9. The molecule has 0 saturated heterocycles. The van der Waals surface area contributed by atoms with Crippen molar-refractivity contribution in [2.75, 3.05) is 6.61 Å². The molecule has 2 unspecified atom stereocenters. The summed E-state index contributed by atoms with van der Waals surface area (Å²) in [7, 11) is -3.74. The zero-order valence-electron chi connectivity index (χ0n) is 18.0. The van der Waals surface area contributed by atoms with Crippen molar-refractivity contribution in [3.63, 3.8) is 0 Å². The van der Waals surface area contributed by atoms with E-state index in [1.807, 2.05) is 33.8 Å². The molecule has 0 fully saturated rings. The lowest BCUT2D eigenvalue weighted by molar-refractivity contribution is -0.148. The van der Waals surface area contributed by atoms with Gasteiger partial charge in [-0.3, -0.25) is 4.79 Å². The molecule has 0 spiro atoms. The Morgan fingerprint density at radius 2 is 1.52 bits per heavy atom. The van der Waals surface area contributed by atoms with Crippen molar-refractivity contribution < 1.29 is 22.7 Å². The minimum atomic E-state index is -3.74. The minimum absolute atomic E-state index is 0.0799. The largest absolute Gasteiger partial charge is 0.464 e. The van der Waals surface area contributed by atoms with Gasteiger partial charge in [0.1, 0.15) is 12.1 Å². The average Bonchev–Trinajstić information content (AvgIpc) is 2.60. The van der Waals surface area contributed by atoms with Gasteiger partial charge in [0.25, 0.3) is 0 Å². The Labute approximate surface area is 174 Å². The Morgan fingerprint density at radius 1 is 0.966 bits per heavy atom. The summed E-state index contributed by atoms with van der Waals surface area (Å²) in [6.07, 6.45) is 0.729. The molecule has 1 aromatic rings. The average molecular weight is 427 g/mol. The second-order valence-electron chi connectivity index (χ2n) is 7.99. The van der Waals surface area contributed by atoms with Gasteiger partial charge in [-0.25, -0.2) is 17.9 Å². The highest BCUT2D eigenvalue weighted by atomic mass is 32.2. The zero-order valence-corrected chi connectivity index (χ0v) is 18.8. The van der Waals surface area contributed by atoms with Gasteiger partial charge in [0.2, 0.25) is 15.9 Å². The van der Waals surface area contributed by atoms with Gasteiger partial charge in [0, 0.05) is 0 Å². The summed E-state index contributed by atoms with van der Waals surface area (Å²) in [5.41, 5.74) is 0.632. The number of carbonyl (C=O) groups excluding carboxylic acids is 2. The van der Waals surface area contributed by atoms with Crippen LogP contribution in [0.15, 0.2) is 30.3 Å². The predicted octanol–water partition coefficient (Wildman–Crippen LogP) is 2.61. The van der Waals surface area contributed by atoms with Crippen LogP contribution in [0.25, 0.3) is 0 Å². The van der Waals surface area contributed by atoms with Crippen molar-refractivity contribution in [1.29, 1.82) is 0 Å². The molecule has 0 aliphatic heterocycles. The summed E-state index contributed by atoms with van der Waals surface area (Å²) in [5.74, 6) is -1.01. The summed E-state index contributed by atoms with van der Waals surface area (Å²) in [6.45, 7) is 9.60. The van der Waals surface area contributed by atoms with Crippen LogP contribution < -0.4 is 10.0 Å². The molecule has 0 aliphatic carbocycles. The number of ether oxygens (including phenoxy) is 1. The van der Waals surface area contributed by atoms with Gasteiger partial charge in [0.15, 0.2) is 0 Å². The van der Waals surface area contributed by atoms with E-state index >= 15 is 0 Å². The Kier molecular flexibility index (Phi) is 10.3. The second kappa shape index (κ2) is 11.9.